The standard InChI is InChI=1S/C25H22F3N7O2S2/c26-25(27,28)16-6-3-7-17(11-16)35-21(15-5-4-9-29-12-15)33-34-24(35)39-14-20-31-19(13-38-20)23(37)32-18-8-1-2-10-30-22(18)36/h3-7,9,11-13,18H,1-2,8,10,14H2,(H,30,36)(H,32,37). The molecule has 1 unspecified atom stereocenters. The first kappa shape index (κ1) is 26.8. The molecule has 2 N–H and O–H groups in total. The molecule has 0 radical (unpaired) electrons. The summed E-state index contributed by atoms with van der Waals surface area (Å²) in [5.41, 5.74) is 0.241. The van der Waals surface area contributed by atoms with Gasteiger partial charge in [0.15, 0.2) is 11.0 Å². The second kappa shape index (κ2) is 11.5. The van der Waals surface area contributed by atoms with Crippen molar-refractivity contribution in [2.75, 3.05) is 6.54 Å². The highest BCUT2D eigenvalue weighted by atomic mass is 32.2. The maximum Gasteiger partial charge on any atom is 0.416 e. The third-order valence-electron chi connectivity index (χ3n) is 5.93. The van der Waals surface area contributed by atoms with Crippen molar-refractivity contribution < 1.29 is 22.8 Å². The predicted octanol–water partition coefficient (Wildman–Crippen LogP) is 4.50. The lowest BCUT2D eigenvalue weighted by Crippen LogP contribution is -2.45. The summed E-state index contributed by atoms with van der Waals surface area (Å²) in [6.45, 7) is 0.594. The number of nitrogens with zero attached hydrogens (tertiary/aromatic N) is 5. The van der Waals surface area contributed by atoms with Crippen LogP contribution in [0.25, 0.3) is 17.1 Å². The quantitative estimate of drug-likeness (QED) is 0.313. The van der Waals surface area contributed by atoms with E-state index in [0.29, 0.717) is 40.3 Å². The Morgan fingerprint density at radius 1 is 1.21 bits per heavy atom. The summed E-state index contributed by atoms with van der Waals surface area (Å²) in [4.78, 5) is 33.3. The Hall–Kier alpha value is -3.78. The topological polar surface area (TPSA) is 115 Å². The summed E-state index contributed by atoms with van der Waals surface area (Å²) in [6.07, 6.45) is 0.890. The summed E-state index contributed by atoms with van der Waals surface area (Å²) in [7, 11) is 0. The van der Waals surface area contributed by atoms with Gasteiger partial charge in [-0.25, -0.2) is 4.98 Å². The Balaban J connectivity index is 1.37. The van der Waals surface area contributed by atoms with Crippen molar-refractivity contribution in [1.29, 1.82) is 0 Å². The van der Waals surface area contributed by atoms with Crippen LogP contribution in [0, 0.1) is 0 Å². The Morgan fingerprint density at radius 3 is 2.87 bits per heavy atom. The number of alkyl halides is 3. The van der Waals surface area contributed by atoms with Gasteiger partial charge in [0.2, 0.25) is 5.91 Å². The van der Waals surface area contributed by atoms with Crippen LogP contribution in [0.4, 0.5) is 13.2 Å². The van der Waals surface area contributed by atoms with Crippen LogP contribution in [-0.4, -0.2) is 49.1 Å². The van der Waals surface area contributed by atoms with Gasteiger partial charge in [-0.15, -0.1) is 21.5 Å². The van der Waals surface area contributed by atoms with E-state index in [1.807, 2.05) is 0 Å². The molecular weight excluding hydrogens is 551 g/mol. The van der Waals surface area contributed by atoms with Gasteiger partial charge in [0.1, 0.15) is 16.7 Å². The molecule has 0 bridgehead atoms. The minimum atomic E-state index is -4.51. The van der Waals surface area contributed by atoms with Crippen LogP contribution in [0.2, 0.25) is 0 Å². The molecule has 4 heterocycles. The zero-order valence-electron chi connectivity index (χ0n) is 20.3. The van der Waals surface area contributed by atoms with E-state index in [9.17, 15) is 22.8 Å². The smallest absolute Gasteiger partial charge is 0.354 e. The maximum atomic E-state index is 13.4. The van der Waals surface area contributed by atoms with E-state index in [4.69, 9.17) is 0 Å². The number of aromatic nitrogens is 5. The van der Waals surface area contributed by atoms with Crippen molar-refractivity contribution in [2.45, 2.75) is 42.4 Å². The van der Waals surface area contributed by atoms with E-state index in [1.54, 1.807) is 40.5 Å². The number of thioether (sulfide) groups is 1. The molecule has 14 heteroatoms. The molecule has 0 saturated carbocycles. The number of nitrogens with one attached hydrogen (secondary N) is 2. The number of hydrogen-bond donors (Lipinski definition) is 2. The van der Waals surface area contributed by atoms with Gasteiger partial charge in [-0.1, -0.05) is 17.8 Å². The zero-order chi connectivity index (χ0) is 27.4. The van der Waals surface area contributed by atoms with Crippen LogP contribution in [0.15, 0.2) is 59.3 Å². The van der Waals surface area contributed by atoms with Crippen LogP contribution in [-0.2, 0) is 16.7 Å². The fourth-order valence-corrected chi connectivity index (χ4v) is 5.76. The van der Waals surface area contributed by atoms with Gasteiger partial charge in [-0.2, -0.15) is 13.2 Å². The van der Waals surface area contributed by atoms with Gasteiger partial charge in [-0.05, 0) is 49.6 Å². The van der Waals surface area contributed by atoms with Crippen LogP contribution in [0.1, 0.15) is 40.3 Å². The minimum absolute atomic E-state index is 0.197. The molecule has 1 fully saturated rings. The first-order valence-corrected chi connectivity index (χ1v) is 13.9. The van der Waals surface area contributed by atoms with Crippen molar-refractivity contribution in [3.05, 3.63) is 70.4 Å². The van der Waals surface area contributed by atoms with Gasteiger partial charge >= 0.3 is 6.18 Å². The number of carbonyl (C=O) groups is 2. The number of halogens is 3. The van der Waals surface area contributed by atoms with E-state index in [1.165, 1.54) is 29.2 Å². The second-order valence-electron chi connectivity index (χ2n) is 8.66. The van der Waals surface area contributed by atoms with Gasteiger partial charge in [0.05, 0.1) is 17.0 Å². The van der Waals surface area contributed by atoms with Crippen molar-refractivity contribution in [1.82, 2.24) is 35.4 Å². The van der Waals surface area contributed by atoms with E-state index in [2.05, 4.69) is 30.8 Å². The third-order valence-corrected chi connectivity index (χ3v) is 7.91. The van der Waals surface area contributed by atoms with E-state index < -0.39 is 23.7 Å². The normalized spacial score (nSPS) is 16.0. The summed E-state index contributed by atoms with van der Waals surface area (Å²) >= 11 is 2.49. The SMILES string of the molecule is O=C(NC1CCCCNC1=O)c1csc(CSc2nnc(-c3cccnc3)n2-c2cccc(C(F)(F)F)c2)n1. The fraction of sp³-hybridized carbons (Fsp3) is 0.280. The molecule has 0 spiro atoms. The molecule has 2 amide bonds. The fourth-order valence-electron chi connectivity index (χ4n) is 4.02. The molecule has 3 aromatic heterocycles. The third kappa shape index (κ3) is 6.28. The predicted molar refractivity (Wildman–Crippen MR) is 139 cm³/mol. The number of thiazole rings is 1. The van der Waals surface area contributed by atoms with Crippen LogP contribution in [0.3, 0.4) is 0 Å². The summed E-state index contributed by atoms with van der Waals surface area (Å²) < 4.78 is 41.9. The second-order valence-corrected chi connectivity index (χ2v) is 10.5. The molecule has 9 nitrogen and oxygen atoms in total. The number of hydrogen-bond acceptors (Lipinski definition) is 8. The van der Waals surface area contributed by atoms with Crippen molar-refractivity contribution in [2.24, 2.45) is 0 Å². The number of amides is 2. The van der Waals surface area contributed by atoms with Crippen molar-refractivity contribution >= 4 is 34.9 Å². The molecule has 1 aliphatic rings. The first-order chi connectivity index (χ1) is 18.8. The largest absolute Gasteiger partial charge is 0.416 e. The molecule has 39 heavy (non-hydrogen) atoms. The lowest BCUT2D eigenvalue weighted by atomic mass is 10.1. The molecule has 1 atom stereocenters. The molecule has 0 aliphatic carbocycles. The lowest BCUT2D eigenvalue weighted by Gasteiger charge is -2.14. The average molecular weight is 574 g/mol. The Labute approximate surface area is 229 Å². The number of pyridine rings is 1. The molecule has 202 valence electrons. The van der Waals surface area contributed by atoms with Crippen molar-refractivity contribution in [3.8, 4) is 17.1 Å². The summed E-state index contributed by atoms with van der Waals surface area (Å²) in [5, 5.41) is 16.6. The van der Waals surface area contributed by atoms with Crippen LogP contribution >= 0.6 is 23.1 Å². The molecular formula is C25H22F3N7O2S2. The summed E-state index contributed by atoms with van der Waals surface area (Å²) in [5.74, 6) is -0.00187. The van der Waals surface area contributed by atoms with Gasteiger partial charge in [0.25, 0.3) is 5.91 Å². The Kier molecular flexibility index (Phi) is 7.93. The summed E-state index contributed by atoms with van der Waals surface area (Å²) in [6, 6.07) is 7.78. The molecule has 4 aromatic rings. The number of rotatable bonds is 7. The van der Waals surface area contributed by atoms with Gasteiger partial charge < -0.3 is 10.6 Å². The minimum Gasteiger partial charge on any atom is -0.354 e. The van der Waals surface area contributed by atoms with Crippen LogP contribution in [0.5, 0.6) is 0 Å². The van der Waals surface area contributed by atoms with E-state index in [0.717, 1.165) is 25.0 Å². The van der Waals surface area contributed by atoms with Gasteiger partial charge in [-0.3, -0.25) is 19.1 Å². The highest BCUT2D eigenvalue weighted by Gasteiger charge is 2.31. The highest BCUT2D eigenvalue weighted by molar-refractivity contribution is 7.98. The zero-order valence-corrected chi connectivity index (χ0v) is 21.9. The molecule has 1 aliphatic heterocycles. The van der Waals surface area contributed by atoms with E-state index >= 15 is 0 Å². The van der Waals surface area contributed by atoms with Gasteiger partial charge in [0, 0.05) is 29.9 Å². The van der Waals surface area contributed by atoms with E-state index in [-0.39, 0.29) is 17.3 Å². The molecule has 1 aromatic carbocycles. The molecule has 1 saturated heterocycles. The van der Waals surface area contributed by atoms with Crippen LogP contribution < -0.4 is 10.6 Å². The lowest BCUT2D eigenvalue weighted by molar-refractivity contribution is -0.137. The number of benzene rings is 1. The highest BCUT2D eigenvalue weighted by Crippen LogP contribution is 2.34. The molecule has 5 rings (SSSR count). The Morgan fingerprint density at radius 2 is 2.08 bits per heavy atom. The maximum absolute atomic E-state index is 13.4. The van der Waals surface area contributed by atoms with Crippen molar-refractivity contribution in [3.63, 3.8) is 0 Å². The monoisotopic (exact) mass is 573 g/mol. The Bertz CT molecular complexity index is 1470. The first-order valence-electron chi connectivity index (χ1n) is 12.0. The number of carbonyl (C=O) groups excluding carboxylic acids is 2. The average Bonchev–Trinajstić information content (AvgIpc) is 3.53.